The fraction of sp³-hybridized carbons (Fsp3) is 0.316. The predicted octanol–water partition coefficient (Wildman–Crippen LogP) is 5.25. The van der Waals surface area contributed by atoms with Gasteiger partial charge in [-0.05, 0) is 55.3 Å². The van der Waals surface area contributed by atoms with Crippen LogP contribution in [0.4, 0.5) is 11.4 Å². The summed E-state index contributed by atoms with van der Waals surface area (Å²) in [6.45, 7) is 6.27. The average molecular weight is 364 g/mol. The van der Waals surface area contributed by atoms with E-state index in [1.807, 2.05) is 30.3 Å². The zero-order valence-electron chi connectivity index (χ0n) is 14.0. The quantitative estimate of drug-likeness (QED) is 0.756. The Kier molecular flexibility index (Phi) is 6.14. The third-order valence-corrected chi connectivity index (χ3v) is 4.70. The molecule has 2 aromatic carbocycles. The van der Waals surface area contributed by atoms with Crippen LogP contribution in [0.5, 0.6) is 0 Å². The van der Waals surface area contributed by atoms with Gasteiger partial charge in [0.25, 0.3) is 0 Å². The number of fused-ring (bicyclic) bond motifs is 1. The second-order valence-electron chi connectivity index (χ2n) is 5.83. The molecule has 128 valence electrons. The van der Waals surface area contributed by atoms with E-state index in [0.29, 0.717) is 0 Å². The molecule has 0 fully saturated rings. The Hall–Kier alpha value is -1.71. The molecule has 1 heterocycles. The third kappa shape index (κ3) is 3.68. The average Bonchev–Trinajstić information content (AvgIpc) is 2.56. The minimum atomic E-state index is 0. The van der Waals surface area contributed by atoms with Gasteiger partial charge in [0, 0.05) is 36.1 Å². The van der Waals surface area contributed by atoms with Gasteiger partial charge < -0.3 is 10.6 Å². The van der Waals surface area contributed by atoms with E-state index in [1.54, 1.807) is 0 Å². The van der Waals surface area contributed by atoms with Gasteiger partial charge in [0.1, 0.15) is 5.84 Å². The summed E-state index contributed by atoms with van der Waals surface area (Å²) in [5.74, 6) is 1.41. The number of halogens is 2. The smallest absolute Gasteiger partial charge is 0.106 e. The monoisotopic (exact) mass is 363 g/mol. The van der Waals surface area contributed by atoms with Crippen molar-refractivity contribution in [3.05, 3.63) is 58.6 Å². The molecular weight excluding hydrogens is 341 g/mol. The normalized spacial score (nSPS) is 16.0. The maximum absolute atomic E-state index is 6.23. The Bertz CT molecular complexity index is 722. The van der Waals surface area contributed by atoms with E-state index in [4.69, 9.17) is 22.3 Å². The van der Waals surface area contributed by atoms with Crippen molar-refractivity contribution >= 4 is 41.2 Å². The number of nitrogen functional groups attached to an aromatic ring is 1. The number of nitrogens with two attached hydrogens (primary N) is 1. The van der Waals surface area contributed by atoms with Crippen LogP contribution in [0, 0.1) is 0 Å². The molecule has 1 atom stereocenters. The van der Waals surface area contributed by atoms with Crippen molar-refractivity contribution in [1.82, 2.24) is 4.90 Å². The van der Waals surface area contributed by atoms with Gasteiger partial charge in [-0.3, -0.25) is 0 Å². The van der Waals surface area contributed by atoms with E-state index in [1.165, 1.54) is 11.1 Å². The SMILES string of the molecule is CCN(CC)C1=Nc2ccc(Cl)cc2C(c2ccc(N)cc2)C1.Cl. The van der Waals surface area contributed by atoms with Gasteiger partial charge in [-0.15, -0.1) is 12.4 Å². The molecule has 24 heavy (non-hydrogen) atoms. The Morgan fingerprint density at radius 2 is 1.79 bits per heavy atom. The van der Waals surface area contributed by atoms with Crippen molar-refractivity contribution < 1.29 is 0 Å². The number of benzene rings is 2. The molecule has 0 saturated heterocycles. The standard InChI is InChI=1S/C19H22ClN3.ClH/c1-3-23(4-2)19-12-16(13-5-8-15(21)9-6-13)17-11-14(20)7-10-18(17)22-19;/h5-11,16H,3-4,12,21H2,1-2H3;1H. The molecule has 0 bridgehead atoms. The number of anilines is 1. The number of nitrogens with zero attached hydrogens (tertiary/aromatic N) is 2. The molecule has 1 aliphatic rings. The van der Waals surface area contributed by atoms with Crippen LogP contribution in [0.2, 0.25) is 5.02 Å². The number of hydrogen-bond donors (Lipinski definition) is 1. The maximum atomic E-state index is 6.23. The largest absolute Gasteiger partial charge is 0.399 e. The van der Waals surface area contributed by atoms with Crippen LogP contribution in [0.25, 0.3) is 0 Å². The maximum Gasteiger partial charge on any atom is 0.106 e. The van der Waals surface area contributed by atoms with Gasteiger partial charge >= 0.3 is 0 Å². The molecule has 3 nitrogen and oxygen atoms in total. The third-order valence-electron chi connectivity index (χ3n) is 4.47. The van der Waals surface area contributed by atoms with E-state index in [0.717, 1.165) is 41.7 Å². The molecule has 0 amide bonds. The zero-order chi connectivity index (χ0) is 16.4. The van der Waals surface area contributed by atoms with Gasteiger partial charge in [-0.25, -0.2) is 4.99 Å². The van der Waals surface area contributed by atoms with Crippen LogP contribution in [-0.2, 0) is 0 Å². The molecule has 2 aromatic rings. The first-order valence-electron chi connectivity index (χ1n) is 8.09. The predicted molar refractivity (Wildman–Crippen MR) is 106 cm³/mol. The summed E-state index contributed by atoms with van der Waals surface area (Å²) >= 11 is 6.23. The molecule has 5 heteroatoms. The fourth-order valence-electron chi connectivity index (χ4n) is 3.20. The molecule has 0 aliphatic carbocycles. The Labute approximate surface area is 154 Å². The summed E-state index contributed by atoms with van der Waals surface area (Å²) in [7, 11) is 0. The minimum Gasteiger partial charge on any atom is -0.399 e. The molecule has 1 aliphatic heterocycles. The number of hydrogen-bond acceptors (Lipinski definition) is 3. The van der Waals surface area contributed by atoms with E-state index < -0.39 is 0 Å². The molecule has 1 unspecified atom stereocenters. The van der Waals surface area contributed by atoms with Crippen molar-refractivity contribution in [2.75, 3.05) is 18.8 Å². The first-order chi connectivity index (χ1) is 11.1. The van der Waals surface area contributed by atoms with Crippen LogP contribution in [-0.4, -0.2) is 23.8 Å². The van der Waals surface area contributed by atoms with Gasteiger partial charge in [-0.2, -0.15) is 0 Å². The lowest BCUT2D eigenvalue weighted by atomic mass is 9.85. The van der Waals surface area contributed by atoms with Crippen molar-refractivity contribution in [2.45, 2.75) is 26.2 Å². The molecule has 2 N–H and O–H groups in total. The van der Waals surface area contributed by atoms with Crippen molar-refractivity contribution in [1.29, 1.82) is 0 Å². The fourth-order valence-corrected chi connectivity index (χ4v) is 3.38. The number of aliphatic imine (C=N–C) groups is 1. The van der Waals surface area contributed by atoms with Gasteiger partial charge in [0.2, 0.25) is 0 Å². The van der Waals surface area contributed by atoms with Crippen LogP contribution in [0.15, 0.2) is 47.5 Å². The van der Waals surface area contributed by atoms with E-state index in [2.05, 4.69) is 30.9 Å². The molecule has 0 aromatic heterocycles. The number of rotatable bonds is 3. The van der Waals surface area contributed by atoms with Crippen LogP contribution in [0.3, 0.4) is 0 Å². The van der Waals surface area contributed by atoms with Crippen molar-refractivity contribution in [2.24, 2.45) is 4.99 Å². The van der Waals surface area contributed by atoms with Gasteiger partial charge in [0.05, 0.1) is 5.69 Å². The highest BCUT2D eigenvalue weighted by Gasteiger charge is 2.26. The van der Waals surface area contributed by atoms with Crippen LogP contribution < -0.4 is 5.73 Å². The second kappa shape index (κ2) is 7.91. The topological polar surface area (TPSA) is 41.6 Å². The highest BCUT2D eigenvalue weighted by molar-refractivity contribution is 6.30. The zero-order valence-corrected chi connectivity index (χ0v) is 15.6. The molecule has 0 saturated carbocycles. The Morgan fingerprint density at radius 3 is 2.42 bits per heavy atom. The molecule has 0 spiro atoms. The van der Waals surface area contributed by atoms with E-state index in [-0.39, 0.29) is 18.3 Å². The Balaban J connectivity index is 0.00000208. The highest BCUT2D eigenvalue weighted by atomic mass is 35.5. The van der Waals surface area contributed by atoms with E-state index >= 15 is 0 Å². The lowest BCUT2D eigenvalue weighted by Crippen LogP contribution is -2.33. The Morgan fingerprint density at radius 1 is 1.12 bits per heavy atom. The van der Waals surface area contributed by atoms with Crippen LogP contribution >= 0.6 is 24.0 Å². The van der Waals surface area contributed by atoms with Crippen LogP contribution in [0.1, 0.15) is 37.3 Å². The first-order valence-corrected chi connectivity index (χ1v) is 8.47. The summed E-state index contributed by atoms with van der Waals surface area (Å²) in [6, 6.07) is 14.1. The summed E-state index contributed by atoms with van der Waals surface area (Å²) in [5.41, 5.74) is 10.1. The van der Waals surface area contributed by atoms with Crippen molar-refractivity contribution in [3.8, 4) is 0 Å². The first kappa shape index (κ1) is 18.6. The van der Waals surface area contributed by atoms with Gasteiger partial charge in [-0.1, -0.05) is 23.7 Å². The summed E-state index contributed by atoms with van der Waals surface area (Å²) < 4.78 is 0. The van der Waals surface area contributed by atoms with Crippen molar-refractivity contribution in [3.63, 3.8) is 0 Å². The summed E-state index contributed by atoms with van der Waals surface area (Å²) in [6.07, 6.45) is 0.888. The summed E-state index contributed by atoms with van der Waals surface area (Å²) in [5, 5.41) is 0.755. The second-order valence-corrected chi connectivity index (χ2v) is 6.26. The van der Waals surface area contributed by atoms with Gasteiger partial charge in [0.15, 0.2) is 0 Å². The highest BCUT2D eigenvalue weighted by Crippen LogP contribution is 2.40. The lowest BCUT2D eigenvalue weighted by Gasteiger charge is -2.31. The van der Waals surface area contributed by atoms with E-state index in [9.17, 15) is 0 Å². The molecular formula is C19H23Cl2N3. The molecule has 3 rings (SSSR count). The summed E-state index contributed by atoms with van der Waals surface area (Å²) in [4.78, 5) is 7.20. The molecule has 0 radical (unpaired) electrons. The minimum absolute atomic E-state index is 0. The lowest BCUT2D eigenvalue weighted by molar-refractivity contribution is 0.450. The number of amidine groups is 1.